The van der Waals surface area contributed by atoms with E-state index in [1.165, 1.54) is 39.3 Å². The first-order valence-corrected chi connectivity index (χ1v) is 6.15. The molecular weight excluding hydrogens is 190 g/mol. The van der Waals surface area contributed by atoms with Gasteiger partial charge < -0.3 is 4.74 Å². The minimum atomic E-state index is 0.0252. The molecule has 0 radical (unpaired) electrons. The Hall–Kier alpha value is -0.570. The van der Waals surface area contributed by atoms with Crippen LogP contribution in [0.4, 0.5) is 0 Å². The summed E-state index contributed by atoms with van der Waals surface area (Å²) in [6.45, 7) is 1.21. The number of ether oxygens (including phenoxy) is 1. The maximum Gasteiger partial charge on any atom is 0.310 e. The van der Waals surface area contributed by atoms with Gasteiger partial charge >= 0.3 is 5.97 Å². The molecule has 0 N–H and O–H groups in total. The van der Waals surface area contributed by atoms with Crippen LogP contribution >= 0.6 is 0 Å². The first-order valence-electron chi connectivity index (χ1n) is 6.15. The van der Waals surface area contributed by atoms with Crippen LogP contribution in [0.3, 0.4) is 0 Å². The van der Waals surface area contributed by atoms with E-state index in [0.717, 1.165) is 18.4 Å². The lowest BCUT2D eigenvalue weighted by molar-refractivity contribution is -0.150. The summed E-state index contributed by atoms with van der Waals surface area (Å²) in [5, 5.41) is 0. The lowest BCUT2D eigenvalue weighted by Crippen LogP contribution is -2.51. The number of esters is 1. The number of hydrogen-bond acceptors (Lipinski definition) is 3. The van der Waals surface area contributed by atoms with Gasteiger partial charge in [-0.05, 0) is 44.6 Å². The van der Waals surface area contributed by atoms with E-state index in [0.29, 0.717) is 6.04 Å². The maximum absolute atomic E-state index is 11.7. The Morgan fingerprint density at radius 1 is 1.33 bits per heavy atom. The SMILES string of the molecule is COC(=O)C1CCC2CC3CCCN2C31. The summed E-state index contributed by atoms with van der Waals surface area (Å²) in [7, 11) is 1.52. The number of methoxy groups -OCH3 is 1. The normalized spacial score (nSPS) is 47.7. The molecule has 3 nitrogen and oxygen atoms in total. The largest absolute Gasteiger partial charge is 0.469 e. The van der Waals surface area contributed by atoms with Gasteiger partial charge in [-0.2, -0.15) is 0 Å². The van der Waals surface area contributed by atoms with Crippen LogP contribution < -0.4 is 0 Å². The molecule has 0 spiro atoms. The molecule has 0 aromatic carbocycles. The summed E-state index contributed by atoms with van der Waals surface area (Å²) in [5.74, 6) is 0.964. The second-order valence-electron chi connectivity index (χ2n) is 5.23. The first kappa shape index (κ1) is 9.64. The van der Waals surface area contributed by atoms with Crippen molar-refractivity contribution in [3.05, 3.63) is 0 Å². The molecule has 5 unspecified atom stereocenters. The number of carbonyl (C=O) groups excluding carboxylic acids is 1. The van der Waals surface area contributed by atoms with E-state index < -0.39 is 0 Å². The molecule has 0 saturated carbocycles. The van der Waals surface area contributed by atoms with Crippen LogP contribution in [0.25, 0.3) is 0 Å². The standard InChI is InChI=1S/C12H19NO2/c1-15-12(14)10-5-4-9-7-8-3-2-6-13(9)11(8)10/h8-11H,2-7H2,1H3. The number of hydrogen-bond donors (Lipinski definition) is 0. The van der Waals surface area contributed by atoms with Crippen LogP contribution in [0.5, 0.6) is 0 Å². The van der Waals surface area contributed by atoms with Crippen LogP contribution in [-0.2, 0) is 9.53 Å². The van der Waals surface area contributed by atoms with Crippen molar-refractivity contribution in [2.45, 2.75) is 44.2 Å². The predicted octanol–water partition coefficient (Wildman–Crippen LogP) is 1.42. The average Bonchev–Trinajstić information content (AvgIpc) is 2.48. The van der Waals surface area contributed by atoms with Crippen molar-refractivity contribution in [3.63, 3.8) is 0 Å². The maximum atomic E-state index is 11.7. The number of nitrogens with zero attached hydrogens (tertiary/aromatic N) is 1. The van der Waals surface area contributed by atoms with E-state index in [1.807, 2.05) is 0 Å². The fourth-order valence-electron chi connectivity index (χ4n) is 4.09. The Morgan fingerprint density at radius 2 is 2.20 bits per heavy atom. The molecule has 15 heavy (non-hydrogen) atoms. The van der Waals surface area contributed by atoms with Crippen LogP contribution in [0.15, 0.2) is 0 Å². The summed E-state index contributed by atoms with van der Waals surface area (Å²) >= 11 is 0. The minimum Gasteiger partial charge on any atom is -0.469 e. The highest BCUT2D eigenvalue weighted by Gasteiger charge is 2.52. The molecule has 84 valence electrons. The predicted molar refractivity (Wildman–Crippen MR) is 56.4 cm³/mol. The van der Waals surface area contributed by atoms with Gasteiger partial charge in [-0.25, -0.2) is 0 Å². The van der Waals surface area contributed by atoms with Crippen molar-refractivity contribution in [3.8, 4) is 0 Å². The molecule has 3 fully saturated rings. The van der Waals surface area contributed by atoms with Gasteiger partial charge in [0.2, 0.25) is 0 Å². The van der Waals surface area contributed by atoms with Gasteiger partial charge in [0.25, 0.3) is 0 Å². The van der Waals surface area contributed by atoms with Crippen LogP contribution in [-0.4, -0.2) is 36.6 Å². The van der Waals surface area contributed by atoms with Gasteiger partial charge in [-0.3, -0.25) is 9.69 Å². The van der Waals surface area contributed by atoms with Crippen molar-refractivity contribution in [2.24, 2.45) is 11.8 Å². The van der Waals surface area contributed by atoms with Crippen LogP contribution in [0, 0.1) is 11.8 Å². The molecule has 3 heterocycles. The van der Waals surface area contributed by atoms with Gasteiger partial charge in [-0.15, -0.1) is 0 Å². The summed E-state index contributed by atoms with van der Waals surface area (Å²) in [4.78, 5) is 14.3. The topological polar surface area (TPSA) is 29.5 Å². The first-order chi connectivity index (χ1) is 7.31. The second kappa shape index (κ2) is 3.48. The van der Waals surface area contributed by atoms with E-state index in [-0.39, 0.29) is 11.9 Å². The summed E-state index contributed by atoms with van der Waals surface area (Å²) < 4.78 is 4.94. The monoisotopic (exact) mass is 209 g/mol. The van der Waals surface area contributed by atoms with Crippen molar-refractivity contribution >= 4 is 5.97 Å². The fraction of sp³-hybridized carbons (Fsp3) is 0.917. The Labute approximate surface area is 90.8 Å². The average molecular weight is 209 g/mol. The van der Waals surface area contributed by atoms with Gasteiger partial charge in [0.1, 0.15) is 0 Å². The summed E-state index contributed by atoms with van der Waals surface area (Å²) in [5.41, 5.74) is 0. The number of carbonyl (C=O) groups is 1. The van der Waals surface area contributed by atoms with Crippen LogP contribution in [0.2, 0.25) is 0 Å². The fourth-order valence-corrected chi connectivity index (χ4v) is 4.09. The van der Waals surface area contributed by atoms with Gasteiger partial charge in [0, 0.05) is 12.1 Å². The minimum absolute atomic E-state index is 0.0252. The Balaban J connectivity index is 1.85. The molecule has 4 bridgehead atoms. The number of piperidine rings is 2. The van der Waals surface area contributed by atoms with E-state index in [2.05, 4.69) is 4.90 Å². The Morgan fingerprint density at radius 3 is 3.00 bits per heavy atom. The molecule has 0 aliphatic carbocycles. The van der Waals surface area contributed by atoms with Crippen molar-refractivity contribution < 1.29 is 9.53 Å². The molecule has 0 amide bonds. The third-order valence-electron chi connectivity index (χ3n) is 4.63. The van der Waals surface area contributed by atoms with E-state index in [9.17, 15) is 4.79 Å². The Bertz CT molecular complexity index is 279. The molecule has 3 aliphatic heterocycles. The lowest BCUT2D eigenvalue weighted by Gasteiger charge is -2.42. The van der Waals surface area contributed by atoms with Gasteiger partial charge in [0.05, 0.1) is 13.0 Å². The Kier molecular flexibility index (Phi) is 2.23. The summed E-state index contributed by atoms with van der Waals surface area (Å²) in [6, 6.07) is 1.30. The third kappa shape index (κ3) is 1.32. The quantitative estimate of drug-likeness (QED) is 0.612. The van der Waals surface area contributed by atoms with Crippen LogP contribution in [0.1, 0.15) is 32.1 Å². The molecule has 0 aromatic heterocycles. The smallest absolute Gasteiger partial charge is 0.310 e. The number of rotatable bonds is 1. The third-order valence-corrected chi connectivity index (χ3v) is 4.63. The van der Waals surface area contributed by atoms with Gasteiger partial charge in [-0.1, -0.05) is 0 Å². The zero-order valence-electron chi connectivity index (χ0n) is 9.32. The molecule has 3 heteroatoms. The van der Waals surface area contributed by atoms with Crippen molar-refractivity contribution in [2.75, 3.05) is 13.7 Å². The van der Waals surface area contributed by atoms with E-state index in [1.54, 1.807) is 0 Å². The molecule has 3 aliphatic rings. The zero-order valence-corrected chi connectivity index (χ0v) is 9.32. The lowest BCUT2D eigenvalue weighted by atomic mass is 9.82. The highest BCUT2D eigenvalue weighted by Crippen LogP contribution is 2.47. The highest BCUT2D eigenvalue weighted by molar-refractivity contribution is 5.73. The highest BCUT2D eigenvalue weighted by atomic mass is 16.5. The molecule has 5 atom stereocenters. The van der Waals surface area contributed by atoms with Gasteiger partial charge in [0.15, 0.2) is 0 Å². The van der Waals surface area contributed by atoms with E-state index in [4.69, 9.17) is 4.74 Å². The second-order valence-corrected chi connectivity index (χ2v) is 5.23. The summed E-state index contributed by atoms with van der Waals surface area (Å²) in [6.07, 6.45) is 6.23. The molecule has 3 rings (SSSR count). The van der Waals surface area contributed by atoms with Crippen molar-refractivity contribution in [1.82, 2.24) is 4.90 Å². The zero-order chi connectivity index (χ0) is 10.4. The van der Waals surface area contributed by atoms with Crippen molar-refractivity contribution in [1.29, 1.82) is 0 Å². The molecular formula is C12H19NO2. The molecule has 3 saturated heterocycles. The molecule has 0 aromatic rings. The van der Waals surface area contributed by atoms with E-state index >= 15 is 0 Å².